The van der Waals surface area contributed by atoms with Gasteiger partial charge in [-0.2, -0.15) is 0 Å². The third kappa shape index (κ3) is 3.38. The number of hydrogen-bond acceptors (Lipinski definition) is 4. The van der Waals surface area contributed by atoms with E-state index < -0.39 is 9.84 Å². The van der Waals surface area contributed by atoms with Gasteiger partial charge in [-0.3, -0.25) is 4.79 Å². The van der Waals surface area contributed by atoms with Crippen molar-refractivity contribution in [1.29, 1.82) is 0 Å². The van der Waals surface area contributed by atoms with Gasteiger partial charge in [0.1, 0.15) is 0 Å². The first-order valence-electron chi connectivity index (χ1n) is 5.49. The molecule has 0 aliphatic heterocycles. The zero-order valence-corrected chi connectivity index (χ0v) is 11.0. The van der Waals surface area contributed by atoms with Crippen LogP contribution in [0.5, 0.6) is 0 Å². The lowest BCUT2D eigenvalue weighted by atomic mass is 10.2. The highest BCUT2D eigenvalue weighted by Crippen LogP contribution is 2.11. The molecule has 6 heteroatoms. The average Bonchev–Trinajstić information content (AvgIpc) is 2.39. The summed E-state index contributed by atoms with van der Waals surface area (Å²) in [7, 11) is -3.32. The SMILES string of the molecule is CS(=O)(=O)c1ccc(NC(=O)c2ccccc2)cn1. The highest BCUT2D eigenvalue weighted by molar-refractivity contribution is 7.90. The molecule has 0 saturated carbocycles. The lowest BCUT2D eigenvalue weighted by Gasteiger charge is -2.05. The third-order valence-corrected chi connectivity index (χ3v) is 3.41. The van der Waals surface area contributed by atoms with Gasteiger partial charge in [0.2, 0.25) is 0 Å². The Bertz CT molecular complexity index is 680. The fourth-order valence-corrected chi connectivity index (χ4v) is 2.03. The minimum atomic E-state index is -3.32. The van der Waals surface area contributed by atoms with Crippen molar-refractivity contribution in [3.8, 4) is 0 Å². The van der Waals surface area contributed by atoms with Crippen molar-refractivity contribution >= 4 is 21.4 Å². The minimum Gasteiger partial charge on any atom is -0.321 e. The fraction of sp³-hybridized carbons (Fsp3) is 0.0769. The van der Waals surface area contributed by atoms with Gasteiger partial charge in [0.15, 0.2) is 14.9 Å². The summed E-state index contributed by atoms with van der Waals surface area (Å²) in [4.78, 5) is 15.6. The number of nitrogens with one attached hydrogen (secondary N) is 1. The van der Waals surface area contributed by atoms with Crippen LogP contribution in [0.25, 0.3) is 0 Å². The van der Waals surface area contributed by atoms with Crippen molar-refractivity contribution in [1.82, 2.24) is 4.98 Å². The molecule has 0 radical (unpaired) electrons. The molecular formula is C13H12N2O3S. The Labute approximate surface area is 111 Å². The Kier molecular flexibility index (Phi) is 3.62. The maximum Gasteiger partial charge on any atom is 0.255 e. The molecule has 1 aromatic carbocycles. The molecular weight excluding hydrogens is 264 g/mol. The van der Waals surface area contributed by atoms with E-state index in [4.69, 9.17) is 0 Å². The van der Waals surface area contributed by atoms with Gasteiger partial charge in [0.05, 0.1) is 11.9 Å². The fourth-order valence-electron chi connectivity index (χ4n) is 1.47. The second-order valence-corrected chi connectivity index (χ2v) is 5.94. The first kappa shape index (κ1) is 13.2. The Hall–Kier alpha value is -2.21. The number of aromatic nitrogens is 1. The molecule has 5 nitrogen and oxygen atoms in total. The van der Waals surface area contributed by atoms with Crippen LogP contribution in [0, 0.1) is 0 Å². The van der Waals surface area contributed by atoms with Gasteiger partial charge in [-0.05, 0) is 24.3 Å². The second-order valence-electron chi connectivity index (χ2n) is 3.98. The first-order chi connectivity index (χ1) is 8.97. The zero-order chi connectivity index (χ0) is 13.9. The summed E-state index contributed by atoms with van der Waals surface area (Å²) >= 11 is 0. The third-order valence-electron chi connectivity index (χ3n) is 2.41. The van der Waals surface area contributed by atoms with Crippen molar-refractivity contribution in [3.05, 3.63) is 54.2 Å². The molecule has 0 aliphatic rings. The van der Waals surface area contributed by atoms with E-state index in [2.05, 4.69) is 10.3 Å². The van der Waals surface area contributed by atoms with Gasteiger partial charge in [-0.1, -0.05) is 18.2 Å². The van der Waals surface area contributed by atoms with Gasteiger partial charge in [-0.25, -0.2) is 13.4 Å². The van der Waals surface area contributed by atoms with Crippen LogP contribution in [0.3, 0.4) is 0 Å². The molecule has 2 aromatic rings. The largest absolute Gasteiger partial charge is 0.321 e. The molecule has 98 valence electrons. The van der Waals surface area contributed by atoms with Crippen LogP contribution in [0.1, 0.15) is 10.4 Å². The summed E-state index contributed by atoms with van der Waals surface area (Å²) in [6.07, 6.45) is 2.40. The number of carbonyl (C=O) groups is 1. The Balaban J connectivity index is 2.15. The number of carbonyl (C=O) groups excluding carboxylic acids is 1. The van der Waals surface area contributed by atoms with E-state index in [0.29, 0.717) is 11.3 Å². The first-order valence-corrected chi connectivity index (χ1v) is 7.38. The molecule has 0 aliphatic carbocycles. The van der Waals surface area contributed by atoms with E-state index in [9.17, 15) is 13.2 Å². The minimum absolute atomic E-state index is 0.0230. The maximum absolute atomic E-state index is 11.8. The second kappa shape index (κ2) is 5.19. The number of benzene rings is 1. The van der Waals surface area contributed by atoms with E-state index in [0.717, 1.165) is 6.26 Å². The van der Waals surface area contributed by atoms with Crippen molar-refractivity contribution < 1.29 is 13.2 Å². The summed E-state index contributed by atoms with van der Waals surface area (Å²) in [5.74, 6) is -0.269. The molecule has 0 bridgehead atoms. The molecule has 1 aromatic heterocycles. The lowest BCUT2D eigenvalue weighted by Crippen LogP contribution is -2.12. The van der Waals surface area contributed by atoms with Gasteiger partial charge >= 0.3 is 0 Å². The van der Waals surface area contributed by atoms with Crippen molar-refractivity contribution in [2.45, 2.75) is 5.03 Å². The van der Waals surface area contributed by atoms with Crippen LogP contribution in [0.2, 0.25) is 0 Å². The van der Waals surface area contributed by atoms with Crippen LogP contribution in [0.15, 0.2) is 53.7 Å². The summed E-state index contributed by atoms with van der Waals surface area (Å²) < 4.78 is 22.5. The molecule has 0 atom stereocenters. The topological polar surface area (TPSA) is 76.1 Å². The van der Waals surface area contributed by atoms with Crippen molar-refractivity contribution in [2.24, 2.45) is 0 Å². The van der Waals surface area contributed by atoms with Gasteiger partial charge in [0.25, 0.3) is 5.91 Å². The highest BCUT2D eigenvalue weighted by Gasteiger charge is 2.09. The molecule has 0 saturated heterocycles. The number of rotatable bonds is 3. The summed E-state index contributed by atoms with van der Waals surface area (Å²) in [5, 5.41) is 2.62. The molecule has 0 fully saturated rings. The van der Waals surface area contributed by atoms with Crippen LogP contribution >= 0.6 is 0 Å². The standard InChI is InChI=1S/C13H12N2O3S/c1-19(17,18)12-8-7-11(9-14-12)15-13(16)10-5-3-2-4-6-10/h2-9H,1H3,(H,15,16). The molecule has 0 spiro atoms. The molecule has 1 N–H and O–H groups in total. The lowest BCUT2D eigenvalue weighted by molar-refractivity contribution is 0.102. The Morgan fingerprint density at radius 2 is 1.79 bits per heavy atom. The van der Waals surface area contributed by atoms with E-state index in [-0.39, 0.29) is 10.9 Å². The maximum atomic E-state index is 11.8. The monoisotopic (exact) mass is 276 g/mol. The highest BCUT2D eigenvalue weighted by atomic mass is 32.2. The average molecular weight is 276 g/mol. The zero-order valence-electron chi connectivity index (χ0n) is 10.2. The van der Waals surface area contributed by atoms with Crippen LogP contribution in [0.4, 0.5) is 5.69 Å². The van der Waals surface area contributed by atoms with Crippen LogP contribution in [-0.4, -0.2) is 25.6 Å². The van der Waals surface area contributed by atoms with Gasteiger partial charge < -0.3 is 5.32 Å². The quantitative estimate of drug-likeness (QED) is 0.926. The number of hydrogen-bond donors (Lipinski definition) is 1. The van der Waals surface area contributed by atoms with E-state index in [1.165, 1.54) is 18.3 Å². The van der Waals surface area contributed by atoms with Crippen LogP contribution in [-0.2, 0) is 9.84 Å². The van der Waals surface area contributed by atoms with Crippen molar-refractivity contribution in [3.63, 3.8) is 0 Å². The van der Waals surface area contributed by atoms with E-state index in [1.54, 1.807) is 24.3 Å². The number of amides is 1. The van der Waals surface area contributed by atoms with Gasteiger partial charge in [-0.15, -0.1) is 0 Å². The number of anilines is 1. The molecule has 19 heavy (non-hydrogen) atoms. The molecule has 0 unspecified atom stereocenters. The number of nitrogens with zero attached hydrogens (tertiary/aromatic N) is 1. The Morgan fingerprint density at radius 3 is 2.32 bits per heavy atom. The summed E-state index contributed by atoms with van der Waals surface area (Å²) in [6, 6.07) is 11.6. The summed E-state index contributed by atoms with van der Waals surface area (Å²) in [5.41, 5.74) is 0.968. The predicted molar refractivity (Wildman–Crippen MR) is 71.7 cm³/mol. The number of pyridine rings is 1. The van der Waals surface area contributed by atoms with E-state index in [1.807, 2.05) is 6.07 Å². The smallest absolute Gasteiger partial charge is 0.255 e. The van der Waals surface area contributed by atoms with E-state index >= 15 is 0 Å². The van der Waals surface area contributed by atoms with Crippen molar-refractivity contribution in [2.75, 3.05) is 11.6 Å². The van der Waals surface area contributed by atoms with Crippen LogP contribution < -0.4 is 5.32 Å². The molecule has 2 rings (SSSR count). The van der Waals surface area contributed by atoms with Gasteiger partial charge in [0, 0.05) is 11.8 Å². The Morgan fingerprint density at radius 1 is 1.11 bits per heavy atom. The molecule has 1 heterocycles. The molecule has 1 amide bonds. The normalized spacial score (nSPS) is 11.0. The summed E-state index contributed by atoms with van der Waals surface area (Å²) in [6.45, 7) is 0. The number of sulfone groups is 1. The predicted octanol–water partition coefficient (Wildman–Crippen LogP) is 1.74.